The van der Waals surface area contributed by atoms with Gasteiger partial charge < -0.3 is 15.2 Å². The summed E-state index contributed by atoms with van der Waals surface area (Å²) in [6.07, 6.45) is 0.852. The molecule has 114 valence electrons. The zero-order chi connectivity index (χ0) is 15.4. The van der Waals surface area contributed by atoms with Gasteiger partial charge in [0.05, 0.1) is 4.92 Å². The second-order valence-corrected chi connectivity index (χ2v) is 5.05. The Morgan fingerprint density at radius 2 is 2.10 bits per heavy atom. The first kappa shape index (κ1) is 15.2. The number of likely N-dealkylation sites (N-methyl/N-ethyl adjacent to an activating group) is 1. The highest BCUT2D eigenvalue weighted by molar-refractivity contribution is 6.00. The number of amides is 1. The van der Waals surface area contributed by atoms with E-state index < -0.39 is 4.92 Å². The number of rotatable bonds is 3. The number of para-hydroxylation sites is 1. The summed E-state index contributed by atoms with van der Waals surface area (Å²) in [5, 5.41) is 11.2. The van der Waals surface area contributed by atoms with Gasteiger partial charge in [0.1, 0.15) is 11.3 Å². The van der Waals surface area contributed by atoms with Gasteiger partial charge in [0, 0.05) is 19.6 Å². The minimum atomic E-state index is -0.577. The molecule has 0 aliphatic carbocycles. The van der Waals surface area contributed by atoms with Crippen LogP contribution in [0.5, 0.6) is 0 Å². The van der Waals surface area contributed by atoms with Crippen molar-refractivity contribution in [2.75, 3.05) is 38.7 Å². The first-order valence-corrected chi connectivity index (χ1v) is 6.76. The summed E-state index contributed by atoms with van der Waals surface area (Å²) < 4.78 is 0. The van der Waals surface area contributed by atoms with E-state index in [4.69, 9.17) is 5.84 Å². The fourth-order valence-corrected chi connectivity index (χ4v) is 2.45. The molecule has 21 heavy (non-hydrogen) atoms. The molecule has 1 aliphatic heterocycles. The molecule has 1 amide bonds. The van der Waals surface area contributed by atoms with Crippen LogP contribution >= 0.6 is 0 Å². The quantitative estimate of drug-likeness (QED) is 0.482. The van der Waals surface area contributed by atoms with Crippen LogP contribution in [0.2, 0.25) is 0 Å². The van der Waals surface area contributed by atoms with E-state index in [9.17, 15) is 14.9 Å². The third-order valence-corrected chi connectivity index (χ3v) is 3.61. The summed E-state index contributed by atoms with van der Waals surface area (Å²) in [6.45, 7) is 2.83. The number of carbonyl (C=O) groups is 1. The minimum Gasteiger partial charge on any atom is -0.337 e. The topological polar surface area (TPSA) is 105 Å². The molecular formula is C13H19N5O3. The molecule has 1 saturated heterocycles. The minimum absolute atomic E-state index is 0.0694. The average molecular weight is 293 g/mol. The molecule has 0 unspecified atom stereocenters. The maximum atomic E-state index is 12.6. The van der Waals surface area contributed by atoms with Gasteiger partial charge >= 0.3 is 5.69 Å². The number of nitrogen functional groups attached to an aromatic ring is 1. The second-order valence-electron chi connectivity index (χ2n) is 5.05. The highest BCUT2D eigenvalue weighted by Gasteiger charge is 2.28. The Balaban J connectivity index is 2.32. The van der Waals surface area contributed by atoms with E-state index in [-0.39, 0.29) is 22.8 Å². The van der Waals surface area contributed by atoms with E-state index in [1.807, 2.05) is 7.05 Å². The Morgan fingerprint density at radius 1 is 1.33 bits per heavy atom. The number of anilines is 1. The van der Waals surface area contributed by atoms with Crippen molar-refractivity contribution in [3.8, 4) is 0 Å². The monoisotopic (exact) mass is 293 g/mol. The number of nitrogens with zero attached hydrogens (tertiary/aromatic N) is 3. The van der Waals surface area contributed by atoms with Crippen molar-refractivity contribution in [2.45, 2.75) is 6.42 Å². The Labute approximate surface area is 122 Å². The maximum Gasteiger partial charge on any atom is 0.306 e. The van der Waals surface area contributed by atoms with Gasteiger partial charge in [-0.3, -0.25) is 20.8 Å². The molecule has 0 spiro atoms. The summed E-state index contributed by atoms with van der Waals surface area (Å²) in [5.74, 6) is 4.97. The summed E-state index contributed by atoms with van der Waals surface area (Å²) in [5.41, 5.74) is 2.20. The maximum absolute atomic E-state index is 12.6. The van der Waals surface area contributed by atoms with E-state index in [0.29, 0.717) is 13.1 Å². The molecule has 1 heterocycles. The molecule has 1 aromatic carbocycles. The van der Waals surface area contributed by atoms with E-state index in [0.717, 1.165) is 19.5 Å². The first-order valence-electron chi connectivity index (χ1n) is 6.76. The third kappa shape index (κ3) is 3.29. The normalized spacial score (nSPS) is 16.4. The largest absolute Gasteiger partial charge is 0.337 e. The number of benzene rings is 1. The molecule has 8 heteroatoms. The summed E-state index contributed by atoms with van der Waals surface area (Å²) in [6, 6.07) is 4.53. The summed E-state index contributed by atoms with van der Waals surface area (Å²) in [4.78, 5) is 27.0. The number of nitro benzene ring substituents is 1. The van der Waals surface area contributed by atoms with Gasteiger partial charge in [-0.25, -0.2) is 0 Å². The Bertz CT molecular complexity index is 549. The van der Waals surface area contributed by atoms with Crippen molar-refractivity contribution in [3.63, 3.8) is 0 Å². The number of nitro groups is 1. The van der Waals surface area contributed by atoms with E-state index in [1.54, 1.807) is 11.0 Å². The standard InChI is InChI=1S/C13H19N5O3/c1-16-6-3-7-17(9-8-16)13(19)10-4-2-5-11(15-14)12(10)18(20)21/h2,4-5,15H,3,6-9,14H2,1H3. The molecular weight excluding hydrogens is 274 g/mol. The predicted molar refractivity (Wildman–Crippen MR) is 78.9 cm³/mol. The lowest BCUT2D eigenvalue weighted by Crippen LogP contribution is -2.35. The summed E-state index contributed by atoms with van der Waals surface area (Å²) in [7, 11) is 2.00. The van der Waals surface area contributed by atoms with Crippen LogP contribution < -0.4 is 11.3 Å². The smallest absolute Gasteiger partial charge is 0.306 e. The van der Waals surface area contributed by atoms with Crippen LogP contribution in [0, 0.1) is 10.1 Å². The van der Waals surface area contributed by atoms with Crippen LogP contribution in [-0.4, -0.2) is 53.9 Å². The van der Waals surface area contributed by atoms with Crippen LogP contribution in [0.15, 0.2) is 18.2 Å². The van der Waals surface area contributed by atoms with Crippen molar-refractivity contribution in [1.29, 1.82) is 0 Å². The number of carbonyl (C=O) groups excluding carboxylic acids is 1. The van der Waals surface area contributed by atoms with Gasteiger partial charge in [0.2, 0.25) is 0 Å². The lowest BCUT2D eigenvalue weighted by atomic mass is 10.1. The molecule has 0 atom stereocenters. The number of hydrazine groups is 1. The van der Waals surface area contributed by atoms with Crippen molar-refractivity contribution in [1.82, 2.24) is 9.80 Å². The van der Waals surface area contributed by atoms with Crippen molar-refractivity contribution in [2.24, 2.45) is 5.84 Å². The molecule has 2 rings (SSSR count). The number of hydrogen-bond donors (Lipinski definition) is 2. The Morgan fingerprint density at radius 3 is 2.76 bits per heavy atom. The van der Waals surface area contributed by atoms with Crippen molar-refractivity contribution < 1.29 is 9.72 Å². The van der Waals surface area contributed by atoms with Gasteiger partial charge in [-0.2, -0.15) is 0 Å². The van der Waals surface area contributed by atoms with Gasteiger partial charge in [-0.05, 0) is 32.1 Å². The first-order chi connectivity index (χ1) is 10.0. The van der Waals surface area contributed by atoms with E-state index >= 15 is 0 Å². The average Bonchev–Trinajstić information content (AvgIpc) is 2.70. The van der Waals surface area contributed by atoms with Crippen LogP contribution in [0.4, 0.5) is 11.4 Å². The lowest BCUT2D eigenvalue weighted by molar-refractivity contribution is -0.384. The van der Waals surface area contributed by atoms with Crippen LogP contribution in [0.3, 0.4) is 0 Å². The molecule has 0 bridgehead atoms. The molecule has 0 saturated carbocycles. The number of hydrogen-bond acceptors (Lipinski definition) is 6. The lowest BCUT2D eigenvalue weighted by Gasteiger charge is -2.20. The molecule has 3 N–H and O–H groups in total. The fourth-order valence-electron chi connectivity index (χ4n) is 2.45. The summed E-state index contributed by atoms with van der Waals surface area (Å²) >= 11 is 0. The van der Waals surface area contributed by atoms with Crippen LogP contribution in [0.1, 0.15) is 16.8 Å². The SMILES string of the molecule is CN1CCCN(C(=O)c2cccc(NN)c2[N+](=O)[O-])CC1. The predicted octanol–water partition coefficient (Wildman–Crippen LogP) is 0.658. The van der Waals surface area contributed by atoms with Gasteiger partial charge in [-0.15, -0.1) is 0 Å². The number of nitrogens with one attached hydrogen (secondary N) is 1. The molecule has 0 aromatic heterocycles. The van der Waals surface area contributed by atoms with Crippen molar-refractivity contribution >= 4 is 17.3 Å². The zero-order valence-corrected chi connectivity index (χ0v) is 11.9. The van der Waals surface area contributed by atoms with E-state index in [2.05, 4.69) is 10.3 Å². The molecule has 1 fully saturated rings. The molecule has 8 nitrogen and oxygen atoms in total. The van der Waals surface area contributed by atoms with Crippen molar-refractivity contribution in [3.05, 3.63) is 33.9 Å². The Kier molecular flexibility index (Phi) is 4.71. The van der Waals surface area contributed by atoms with Gasteiger partial charge in [0.25, 0.3) is 5.91 Å². The molecule has 0 radical (unpaired) electrons. The highest BCUT2D eigenvalue weighted by atomic mass is 16.6. The Hall–Kier alpha value is -2.19. The van der Waals surface area contributed by atoms with Gasteiger partial charge in [-0.1, -0.05) is 6.07 Å². The fraction of sp³-hybridized carbons (Fsp3) is 0.462. The van der Waals surface area contributed by atoms with E-state index in [1.165, 1.54) is 12.1 Å². The molecule has 1 aliphatic rings. The van der Waals surface area contributed by atoms with Crippen LogP contribution in [0.25, 0.3) is 0 Å². The van der Waals surface area contributed by atoms with Crippen LogP contribution in [-0.2, 0) is 0 Å². The van der Waals surface area contributed by atoms with Gasteiger partial charge in [0.15, 0.2) is 0 Å². The second kappa shape index (κ2) is 6.51. The zero-order valence-electron chi connectivity index (χ0n) is 11.9. The highest BCUT2D eigenvalue weighted by Crippen LogP contribution is 2.29. The third-order valence-electron chi connectivity index (χ3n) is 3.61. The molecule has 1 aromatic rings. The number of nitrogens with two attached hydrogens (primary N) is 1.